The molecular formula is C14H5BrF3NO2. The Balaban J connectivity index is 2.16. The van der Waals surface area contributed by atoms with Gasteiger partial charge in [0, 0.05) is 4.47 Å². The molecule has 21 heavy (non-hydrogen) atoms. The van der Waals surface area contributed by atoms with Crippen LogP contribution in [0.15, 0.2) is 34.8 Å². The van der Waals surface area contributed by atoms with Crippen LogP contribution in [0.4, 0.5) is 18.9 Å². The maximum atomic E-state index is 13.2. The summed E-state index contributed by atoms with van der Waals surface area (Å²) in [4.78, 5) is 25.2. The first-order valence-electron chi connectivity index (χ1n) is 5.73. The van der Waals surface area contributed by atoms with Crippen molar-refractivity contribution < 1.29 is 22.8 Å². The molecule has 0 bridgehead atoms. The lowest BCUT2D eigenvalue weighted by Crippen LogP contribution is -2.29. The molecule has 0 aromatic heterocycles. The van der Waals surface area contributed by atoms with Gasteiger partial charge in [-0.3, -0.25) is 9.59 Å². The average molecular weight is 356 g/mol. The molecule has 3 rings (SSSR count). The van der Waals surface area contributed by atoms with E-state index in [0.29, 0.717) is 12.1 Å². The molecule has 0 N–H and O–H groups in total. The molecule has 2 aromatic carbocycles. The zero-order valence-electron chi connectivity index (χ0n) is 10.2. The smallest absolute Gasteiger partial charge is 0.266 e. The van der Waals surface area contributed by atoms with Crippen molar-refractivity contribution in [1.82, 2.24) is 0 Å². The molecule has 2 amide bonds. The number of benzene rings is 2. The molecule has 106 valence electrons. The predicted octanol–water partition coefficient (Wildman–Crippen LogP) is 3.67. The molecule has 0 unspecified atom stereocenters. The number of nitrogens with zero attached hydrogens (tertiary/aromatic N) is 1. The zero-order valence-corrected chi connectivity index (χ0v) is 11.7. The molecule has 0 spiro atoms. The number of rotatable bonds is 1. The number of carbonyl (C=O) groups is 2. The molecule has 2 aromatic rings. The molecule has 1 heterocycles. The van der Waals surface area contributed by atoms with Crippen LogP contribution in [0.5, 0.6) is 0 Å². The third-order valence-corrected chi connectivity index (χ3v) is 3.71. The van der Waals surface area contributed by atoms with Crippen molar-refractivity contribution in [3.8, 4) is 0 Å². The fourth-order valence-electron chi connectivity index (χ4n) is 2.12. The summed E-state index contributed by atoms with van der Waals surface area (Å²) in [5.41, 5.74) is -0.353. The van der Waals surface area contributed by atoms with Crippen LogP contribution in [0.2, 0.25) is 0 Å². The summed E-state index contributed by atoms with van der Waals surface area (Å²) in [5.74, 6) is -4.56. The van der Waals surface area contributed by atoms with E-state index < -0.39 is 29.3 Å². The first-order valence-corrected chi connectivity index (χ1v) is 6.52. The SMILES string of the molecule is O=C1c2cc(F)c(F)cc2C(=O)N1c1ccc(F)cc1Br. The summed E-state index contributed by atoms with van der Waals surface area (Å²) in [6.45, 7) is 0. The number of fused-ring (bicyclic) bond motifs is 1. The molecule has 7 heteroatoms. The lowest BCUT2D eigenvalue weighted by Gasteiger charge is -2.15. The molecular weight excluding hydrogens is 351 g/mol. The molecule has 0 fully saturated rings. The van der Waals surface area contributed by atoms with E-state index in [-0.39, 0.29) is 21.3 Å². The summed E-state index contributed by atoms with van der Waals surface area (Å²) < 4.78 is 39.7. The van der Waals surface area contributed by atoms with Crippen molar-refractivity contribution in [3.63, 3.8) is 0 Å². The molecule has 1 aliphatic rings. The Morgan fingerprint density at radius 1 is 0.857 bits per heavy atom. The van der Waals surface area contributed by atoms with Crippen LogP contribution in [-0.2, 0) is 0 Å². The van der Waals surface area contributed by atoms with Gasteiger partial charge in [0.1, 0.15) is 5.82 Å². The van der Waals surface area contributed by atoms with Crippen molar-refractivity contribution in [3.05, 3.63) is 63.4 Å². The minimum absolute atomic E-state index is 0.100. The number of anilines is 1. The van der Waals surface area contributed by atoms with E-state index in [0.717, 1.165) is 17.0 Å². The third-order valence-electron chi connectivity index (χ3n) is 3.08. The highest BCUT2D eigenvalue weighted by molar-refractivity contribution is 9.10. The molecule has 0 radical (unpaired) electrons. The van der Waals surface area contributed by atoms with Crippen molar-refractivity contribution in [2.24, 2.45) is 0 Å². The lowest BCUT2D eigenvalue weighted by atomic mass is 10.1. The highest BCUT2D eigenvalue weighted by Gasteiger charge is 2.38. The summed E-state index contributed by atoms with van der Waals surface area (Å²) in [5, 5.41) is 0. The highest BCUT2D eigenvalue weighted by Crippen LogP contribution is 2.34. The summed E-state index contributed by atoms with van der Waals surface area (Å²) in [6, 6.07) is 4.75. The Morgan fingerprint density at radius 3 is 1.86 bits per heavy atom. The molecule has 0 atom stereocenters. The molecule has 0 saturated carbocycles. The second kappa shape index (κ2) is 4.70. The van der Waals surface area contributed by atoms with Gasteiger partial charge in [-0.1, -0.05) is 0 Å². The Kier molecular flexibility index (Phi) is 3.09. The maximum absolute atomic E-state index is 13.2. The summed E-state index contributed by atoms with van der Waals surface area (Å²) >= 11 is 3.05. The van der Waals surface area contributed by atoms with Gasteiger partial charge in [-0.2, -0.15) is 0 Å². The van der Waals surface area contributed by atoms with Gasteiger partial charge in [-0.25, -0.2) is 18.1 Å². The largest absolute Gasteiger partial charge is 0.268 e. The van der Waals surface area contributed by atoms with Crippen LogP contribution in [-0.4, -0.2) is 11.8 Å². The van der Waals surface area contributed by atoms with Crippen LogP contribution >= 0.6 is 15.9 Å². The number of halogens is 4. The van der Waals surface area contributed by atoms with Crippen LogP contribution in [0.3, 0.4) is 0 Å². The average Bonchev–Trinajstić information content (AvgIpc) is 2.64. The van der Waals surface area contributed by atoms with Gasteiger partial charge in [0.05, 0.1) is 16.8 Å². The third kappa shape index (κ3) is 2.04. The fourth-order valence-corrected chi connectivity index (χ4v) is 2.64. The molecule has 0 aliphatic carbocycles. The van der Waals surface area contributed by atoms with Gasteiger partial charge in [0.25, 0.3) is 11.8 Å². The van der Waals surface area contributed by atoms with Crippen molar-refractivity contribution in [2.75, 3.05) is 4.90 Å². The first kappa shape index (κ1) is 13.8. The van der Waals surface area contributed by atoms with Crippen LogP contribution in [0.1, 0.15) is 20.7 Å². The van der Waals surface area contributed by atoms with E-state index in [1.807, 2.05) is 0 Å². The first-order chi connectivity index (χ1) is 9.90. The second-order valence-electron chi connectivity index (χ2n) is 4.35. The van der Waals surface area contributed by atoms with E-state index in [4.69, 9.17) is 0 Å². The fraction of sp³-hybridized carbons (Fsp3) is 0. The van der Waals surface area contributed by atoms with Gasteiger partial charge in [-0.15, -0.1) is 0 Å². The number of hydrogen-bond donors (Lipinski definition) is 0. The second-order valence-corrected chi connectivity index (χ2v) is 5.21. The van der Waals surface area contributed by atoms with Crippen LogP contribution in [0, 0.1) is 17.5 Å². The summed E-state index contributed by atoms with van der Waals surface area (Å²) in [6.07, 6.45) is 0. The topological polar surface area (TPSA) is 37.4 Å². The van der Waals surface area contributed by atoms with E-state index in [2.05, 4.69) is 15.9 Å². The molecule has 1 aliphatic heterocycles. The number of amides is 2. The van der Waals surface area contributed by atoms with Crippen molar-refractivity contribution in [2.45, 2.75) is 0 Å². The minimum atomic E-state index is -1.21. The highest BCUT2D eigenvalue weighted by atomic mass is 79.9. The molecule has 0 saturated heterocycles. The van der Waals surface area contributed by atoms with Gasteiger partial charge >= 0.3 is 0 Å². The quantitative estimate of drug-likeness (QED) is 0.732. The Bertz CT molecular complexity index is 766. The standard InChI is InChI=1S/C14H5BrF3NO2/c15-9-3-6(16)1-2-12(9)19-13(20)7-4-10(17)11(18)5-8(7)14(19)21/h1-5H. The van der Waals surface area contributed by atoms with Crippen molar-refractivity contribution in [1.29, 1.82) is 0 Å². The van der Waals surface area contributed by atoms with Gasteiger partial charge in [0.15, 0.2) is 11.6 Å². The van der Waals surface area contributed by atoms with E-state index >= 15 is 0 Å². The van der Waals surface area contributed by atoms with Gasteiger partial charge in [0.2, 0.25) is 0 Å². The van der Waals surface area contributed by atoms with Gasteiger partial charge < -0.3 is 0 Å². The zero-order chi connectivity index (χ0) is 15.3. The van der Waals surface area contributed by atoms with E-state index in [1.165, 1.54) is 6.07 Å². The number of hydrogen-bond acceptors (Lipinski definition) is 2. The minimum Gasteiger partial charge on any atom is -0.268 e. The Labute approximate surface area is 125 Å². The van der Waals surface area contributed by atoms with Crippen LogP contribution in [0.25, 0.3) is 0 Å². The predicted molar refractivity (Wildman–Crippen MR) is 71.6 cm³/mol. The molecule has 3 nitrogen and oxygen atoms in total. The number of imide groups is 1. The van der Waals surface area contributed by atoms with E-state index in [1.54, 1.807) is 0 Å². The summed E-state index contributed by atoms with van der Waals surface area (Å²) in [7, 11) is 0. The number of carbonyl (C=O) groups excluding carboxylic acids is 2. The van der Waals surface area contributed by atoms with Crippen LogP contribution < -0.4 is 4.90 Å². The lowest BCUT2D eigenvalue weighted by molar-refractivity contribution is 0.0925. The Hall–Kier alpha value is -2.15. The Morgan fingerprint density at radius 2 is 1.38 bits per heavy atom. The monoisotopic (exact) mass is 355 g/mol. The maximum Gasteiger partial charge on any atom is 0.266 e. The van der Waals surface area contributed by atoms with E-state index in [9.17, 15) is 22.8 Å². The normalized spacial score (nSPS) is 13.8. The van der Waals surface area contributed by atoms with Gasteiger partial charge in [-0.05, 0) is 46.3 Å². The van der Waals surface area contributed by atoms with Crippen molar-refractivity contribution >= 4 is 33.4 Å².